The smallest absolute Gasteiger partial charge is 0.240 e. The summed E-state index contributed by atoms with van der Waals surface area (Å²) in [5.41, 5.74) is 6.95. The minimum atomic E-state index is -4.65. The van der Waals surface area contributed by atoms with E-state index in [9.17, 15) is 8.22 Å². The van der Waals surface area contributed by atoms with Gasteiger partial charge in [-0.2, -0.15) is 15.0 Å². The molecule has 3 heterocycles. The molecule has 414 valence electrons. The molecule has 3 aromatic heterocycles. The fourth-order valence-electron chi connectivity index (χ4n) is 13.4. The van der Waals surface area contributed by atoms with E-state index in [0.717, 1.165) is 81.4 Å². The van der Waals surface area contributed by atoms with Crippen LogP contribution >= 0.6 is 0 Å². The Morgan fingerprint density at radius 3 is 1.00 bits per heavy atom. The van der Waals surface area contributed by atoms with Gasteiger partial charge in [0.2, 0.25) is 11.9 Å². The summed E-state index contributed by atoms with van der Waals surface area (Å²) in [6, 6.07) is 99.0. The number of rotatable bonds is 13. The quantitative estimate of drug-likeness (QED) is 0.0854. The molecule has 0 saturated heterocycles. The zero-order valence-electron chi connectivity index (χ0n) is 54.6. The molecule has 7 heteroatoms. The third-order valence-electron chi connectivity index (χ3n) is 17.3. The van der Waals surface area contributed by atoms with E-state index >= 15 is 0 Å². The maximum atomic E-state index is 11.9. The third-order valence-corrected chi connectivity index (χ3v) is 26.3. The van der Waals surface area contributed by atoms with Gasteiger partial charge >= 0.3 is 0 Å². The second-order valence-electron chi connectivity index (χ2n) is 22.1. The Hall–Kier alpha value is -11.1. The van der Waals surface area contributed by atoms with E-state index in [-0.39, 0.29) is 63.9 Å². The van der Waals surface area contributed by atoms with Crippen LogP contribution in [0.1, 0.15) is 9.60 Å². The van der Waals surface area contributed by atoms with Crippen LogP contribution in [0.25, 0.3) is 89.2 Å². The Labute approximate surface area is 523 Å². The van der Waals surface area contributed by atoms with Crippen LogP contribution in [0.4, 0.5) is 0 Å². The Balaban J connectivity index is 1.16. The molecule has 0 aliphatic rings. The maximum Gasteiger partial charge on any atom is 0.240 e. The molecule has 16 aromatic rings. The van der Waals surface area contributed by atoms with Crippen LogP contribution in [0.2, 0.25) is 0 Å². The molecular weight excluding hydrogens is 1100 g/mol. The van der Waals surface area contributed by atoms with Gasteiger partial charge in [-0.3, -0.25) is 9.13 Å². The normalized spacial score (nSPS) is 13.5. The molecule has 16 rings (SSSR count). The Kier molecular flexibility index (Phi) is 11.4. The molecule has 0 bridgehead atoms. The van der Waals surface area contributed by atoms with Gasteiger partial charge in [0.15, 0.2) is 22.0 Å². The van der Waals surface area contributed by atoms with Crippen molar-refractivity contribution in [2.45, 2.75) is 0 Å². The maximum absolute atomic E-state index is 11.9. The number of hydrogen-bond donors (Lipinski definition) is 0. The van der Waals surface area contributed by atoms with Crippen molar-refractivity contribution in [1.29, 1.82) is 0 Å². The number of hydrogen-bond acceptors (Lipinski definition) is 3. The summed E-state index contributed by atoms with van der Waals surface area (Å²) in [7, 11) is -8.86. The minimum absolute atomic E-state index is 0.00255. The Bertz CT molecular complexity index is 5380. The van der Waals surface area contributed by atoms with Gasteiger partial charge in [0, 0.05) is 27.1 Å². The molecule has 0 amide bonds. The van der Waals surface area contributed by atoms with Crippen molar-refractivity contribution in [2.75, 3.05) is 0 Å². The molecule has 1 unspecified atom stereocenters. The van der Waals surface area contributed by atoms with Crippen LogP contribution in [0.15, 0.2) is 346 Å². The molecule has 0 radical (unpaired) electrons. The first-order chi connectivity index (χ1) is 46.6. The second-order valence-corrected chi connectivity index (χ2v) is 29.5. The SMILES string of the molecule is [2H]c1cc([Si](c2ccccc2)(c2cccc(-c3ccccc3)c2)c2c([2H])c(-c3nc(-n4c5ccccc5c5ccccc54)nc(-n4c5ccccc5c5ccccc54)n3)c([2H])c([Si](c3ccccc3)(c3ccccc3)c3cccc(-c4ccccc4)c3)c2[2H])c([2H])c([2H])c1[2H]. The zero-order valence-corrected chi connectivity index (χ0v) is 49.6. The van der Waals surface area contributed by atoms with Crippen molar-refractivity contribution >= 4 is 101 Å². The van der Waals surface area contributed by atoms with Crippen LogP contribution in [-0.2, 0) is 0 Å². The summed E-state index contributed by atoms with van der Waals surface area (Å²) < 4.78 is 78.1. The summed E-state index contributed by atoms with van der Waals surface area (Å²) in [6.07, 6.45) is 0. The molecule has 0 spiro atoms. The van der Waals surface area contributed by atoms with Crippen LogP contribution in [0, 0.1) is 0 Å². The summed E-state index contributed by atoms with van der Waals surface area (Å²) in [5.74, 6) is 0.452. The van der Waals surface area contributed by atoms with E-state index in [0.29, 0.717) is 15.6 Å². The first-order valence-electron chi connectivity index (χ1n) is 33.0. The molecule has 88 heavy (non-hydrogen) atoms. The van der Waals surface area contributed by atoms with Crippen molar-refractivity contribution in [3.63, 3.8) is 0 Å². The van der Waals surface area contributed by atoms with Gasteiger partial charge in [0.25, 0.3) is 0 Å². The average Bonchev–Trinajstić information content (AvgIpc) is 1.41. The molecule has 0 fully saturated rings. The second kappa shape index (κ2) is 22.1. The van der Waals surface area contributed by atoms with Gasteiger partial charge in [-0.1, -0.05) is 321 Å². The highest BCUT2D eigenvalue weighted by molar-refractivity contribution is 7.22. The van der Waals surface area contributed by atoms with E-state index in [1.807, 2.05) is 215 Å². The highest BCUT2D eigenvalue weighted by Crippen LogP contribution is 2.35. The lowest BCUT2D eigenvalue weighted by atomic mass is 10.1. The van der Waals surface area contributed by atoms with Gasteiger partial charge in [-0.15, -0.1) is 0 Å². The monoisotopic (exact) mass is 1160 g/mol. The molecule has 5 nitrogen and oxygen atoms in total. The van der Waals surface area contributed by atoms with Crippen LogP contribution in [-0.4, -0.2) is 40.2 Å². The largest absolute Gasteiger partial charge is 0.278 e. The Morgan fingerprint density at radius 2 is 0.591 bits per heavy atom. The van der Waals surface area contributed by atoms with E-state index in [4.69, 9.17) is 16.3 Å². The topological polar surface area (TPSA) is 48.5 Å². The summed E-state index contributed by atoms with van der Waals surface area (Å²) in [4.78, 5) is 16.8. The third kappa shape index (κ3) is 8.70. The number of fused-ring (bicyclic) bond motifs is 6. The van der Waals surface area contributed by atoms with Gasteiger partial charge in [0.05, 0.1) is 31.7 Å². The lowest BCUT2D eigenvalue weighted by molar-refractivity contribution is 0.893. The molecule has 0 saturated carbocycles. The Morgan fingerprint density at radius 1 is 0.250 bits per heavy atom. The van der Waals surface area contributed by atoms with E-state index in [2.05, 4.69) is 91.0 Å². The number of aromatic nitrogens is 5. The summed E-state index contributed by atoms with van der Waals surface area (Å²) in [5, 5.41) is 8.53. The fourth-order valence-corrected chi connectivity index (χ4v) is 22.5. The van der Waals surface area contributed by atoms with E-state index < -0.39 is 28.2 Å². The minimum Gasteiger partial charge on any atom is -0.278 e. The lowest BCUT2D eigenvalue weighted by Gasteiger charge is -2.38. The van der Waals surface area contributed by atoms with Gasteiger partial charge < -0.3 is 0 Å². The standard InChI is InChI=1S/C81H57N5Si2/c1-7-29-58(30-8-1)60-33-27-43-67(53-60)87(63-35-11-3-12-36-63,64-37-13-4-14-38-64)69-55-62(56-70(57-69)88(65-39-15-5-16-40-65,66-41-17-6-18-42-66)68-44-28-34-61(54-68)59-31-9-2-10-32-59)79-82-80(85-75-49-23-19-45-71(75)72-46-20-24-50-76(72)85)84-81(83-79)86-77-51-25-21-47-73(77)74-48-22-26-52-78(74)86/h1-57H/i3D,11D,12D,35D,55D,56D,57D. The molecule has 0 N–H and O–H groups in total. The molecule has 1 atom stereocenters. The zero-order chi connectivity index (χ0) is 64.5. The predicted molar refractivity (Wildman–Crippen MR) is 372 cm³/mol. The molecule has 0 aliphatic carbocycles. The number of benzene rings is 13. The molecule has 13 aromatic carbocycles. The highest BCUT2D eigenvalue weighted by Gasteiger charge is 2.46. The van der Waals surface area contributed by atoms with Crippen LogP contribution in [0.3, 0.4) is 0 Å². The van der Waals surface area contributed by atoms with Crippen LogP contribution < -0.4 is 41.5 Å². The average molecular weight is 1160 g/mol. The highest BCUT2D eigenvalue weighted by atomic mass is 28.3. The number of nitrogens with zero attached hydrogens (tertiary/aromatic N) is 5. The van der Waals surface area contributed by atoms with Crippen molar-refractivity contribution in [3.05, 3.63) is 346 Å². The fraction of sp³-hybridized carbons (Fsp3) is 0. The molecule has 0 aliphatic heterocycles. The molecular formula is C81H57N5Si2. The predicted octanol–water partition coefficient (Wildman–Crippen LogP) is 13.8. The van der Waals surface area contributed by atoms with Gasteiger partial charge in [-0.25, -0.2) is 0 Å². The van der Waals surface area contributed by atoms with Crippen molar-refractivity contribution in [1.82, 2.24) is 24.1 Å². The van der Waals surface area contributed by atoms with E-state index in [1.165, 1.54) is 6.07 Å². The van der Waals surface area contributed by atoms with Crippen molar-refractivity contribution in [3.8, 4) is 45.5 Å². The lowest BCUT2D eigenvalue weighted by Crippen LogP contribution is -2.78. The summed E-state index contributed by atoms with van der Waals surface area (Å²) in [6.45, 7) is 0. The van der Waals surface area contributed by atoms with Gasteiger partial charge in [-0.05, 0) is 88.0 Å². The van der Waals surface area contributed by atoms with Crippen LogP contribution in [0.5, 0.6) is 0 Å². The first-order valence-corrected chi connectivity index (χ1v) is 33.5. The first kappa shape index (κ1) is 45.3. The van der Waals surface area contributed by atoms with Crippen molar-refractivity contribution < 1.29 is 9.60 Å². The van der Waals surface area contributed by atoms with Gasteiger partial charge in [0.1, 0.15) is 0 Å². The van der Waals surface area contributed by atoms with Crippen molar-refractivity contribution in [2.24, 2.45) is 0 Å². The summed E-state index contributed by atoms with van der Waals surface area (Å²) >= 11 is 0. The van der Waals surface area contributed by atoms with E-state index in [1.54, 1.807) is 0 Å². The number of para-hydroxylation sites is 4.